The summed E-state index contributed by atoms with van der Waals surface area (Å²) < 4.78 is 5.07. The zero-order valence-corrected chi connectivity index (χ0v) is 14.3. The minimum Gasteiger partial charge on any atom is -0.469 e. The molecule has 0 aliphatic carbocycles. The van der Waals surface area contributed by atoms with E-state index in [2.05, 4.69) is 4.74 Å². The number of halogens is 1. The molecule has 116 valence electrons. The molecule has 1 aromatic carbocycles. The van der Waals surface area contributed by atoms with Crippen molar-refractivity contribution >= 4 is 57.9 Å². The predicted molar refractivity (Wildman–Crippen MR) is 92.6 cm³/mol. The summed E-state index contributed by atoms with van der Waals surface area (Å²) in [7, 11) is 1.34. The molecule has 1 saturated heterocycles. The minimum atomic E-state index is -0.294. The van der Waals surface area contributed by atoms with Crippen LogP contribution in [0.1, 0.15) is 18.4 Å². The Balaban J connectivity index is 2.05. The van der Waals surface area contributed by atoms with Crippen LogP contribution < -0.4 is 0 Å². The fourth-order valence-corrected chi connectivity index (χ4v) is 3.40. The number of amides is 1. The molecule has 7 heteroatoms. The van der Waals surface area contributed by atoms with Crippen LogP contribution in [0.2, 0.25) is 5.02 Å². The van der Waals surface area contributed by atoms with Crippen LogP contribution in [0.15, 0.2) is 29.2 Å². The summed E-state index contributed by atoms with van der Waals surface area (Å²) in [5, 5.41) is 0.582. The molecule has 0 bridgehead atoms. The minimum absolute atomic E-state index is 0.153. The summed E-state index contributed by atoms with van der Waals surface area (Å²) in [4.78, 5) is 25.5. The molecule has 0 saturated carbocycles. The van der Waals surface area contributed by atoms with E-state index in [1.165, 1.54) is 23.8 Å². The second-order valence-electron chi connectivity index (χ2n) is 4.53. The second-order valence-corrected chi connectivity index (χ2v) is 6.62. The average molecular weight is 356 g/mol. The molecule has 1 amide bonds. The van der Waals surface area contributed by atoms with Crippen molar-refractivity contribution in [1.29, 1.82) is 0 Å². The van der Waals surface area contributed by atoms with E-state index < -0.39 is 0 Å². The Morgan fingerprint density at radius 2 is 2.18 bits per heavy atom. The predicted octanol–water partition coefficient (Wildman–Crippen LogP) is 3.49. The van der Waals surface area contributed by atoms with Gasteiger partial charge in [-0.3, -0.25) is 14.5 Å². The van der Waals surface area contributed by atoms with Crippen molar-refractivity contribution in [3.8, 4) is 0 Å². The summed E-state index contributed by atoms with van der Waals surface area (Å²) >= 11 is 12.6. The smallest absolute Gasteiger partial charge is 0.305 e. The summed E-state index contributed by atoms with van der Waals surface area (Å²) in [6.45, 7) is 0.402. The largest absolute Gasteiger partial charge is 0.469 e. The van der Waals surface area contributed by atoms with Gasteiger partial charge in [0.25, 0.3) is 5.91 Å². The lowest BCUT2D eigenvalue weighted by Crippen LogP contribution is -2.29. The zero-order valence-electron chi connectivity index (χ0n) is 11.9. The number of rotatable bonds is 5. The van der Waals surface area contributed by atoms with E-state index in [9.17, 15) is 9.59 Å². The normalized spacial score (nSPS) is 16.5. The first-order chi connectivity index (χ1) is 10.5. The lowest BCUT2D eigenvalue weighted by Gasteiger charge is -2.13. The number of benzene rings is 1. The molecule has 1 aromatic rings. The molecule has 1 fully saturated rings. The van der Waals surface area contributed by atoms with Crippen molar-refractivity contribution in [2.75, 3.05) is 13.7 Å². The van der Waals surface area contributed by atoms with Crippen LogP contribution in [-0.4, -0.2) is 34.8 Å². The highest BCUT2D eigenvalue weighted by Crippen LogP contribution is 2.33. The first kappa shape index (κ1) is 17.0. The van der Waals surface area contributed by atoms with Crippen molar-refractivity contribution in [3.05, 3.63) is 39.8 Å². The van der Waals surface area contributed by atoms with Gasteiger partial charge in [-0.05, 0) is 24.1 Å². The van der Waals surface area contributed by atoms with Crippen LogP contribution in [0.4, 0.5) is 0 Å². The SMILES string of the molecule is COC(=O)CCCN1C(=O)/C(=C/c2ccccc2Cl)SC1=S. The number of esters is 1. The number of thioether (sulfide) groups is 1. The van der Waals surface area contributed by atoms with Gasteiger partial charge in [0.2, 0.25) is 0 Å². The maximum atomic E-state index is 12.4. The molecular weight excluding hydrogens is 342 g/mol. The van der Waals surface area contributed by atoms with Gasteiger partial charge in [-0.2, -0.15) is 0 Å². The number of hydrogen-bond acceptors (Lipinski definition) is 5. The Hall–Kier alpha value is -1.37. The summed E-state index contributed by atoms with van der Waals surface area (Å²) in [5.41, 5.74) is 0.777. The molecule has 0 N–H and O–H groups in total. The van der Waals surface area contributed by atoms with Crippen LogP contribution in [0, 0.1) is 0 Å². The molecule has 1 aliphatic rings. The van der Waals surface area contributed by atoms with Crippen molar-refractivity contribution in [2.24, 2.45) is 0 Å². The first-order valence-electron chi connectivity index (χ1n) is 6.59. The van der Waals surface area contributed by atoms with E-state index in [4.69, 9.17) is 23.8 Å². The van der Waals surface area contributed by atoms with E-state index in [1.807, 2.05) is 18.2 Å². The number of nitrogens with zero attached hydrogens (tertiary/aromatic N) is 1. The van der Waals surface area contributed by atoms with Gasteiger partial charge in [-0.25, -0.2) is 0 Å². The van der Waals surface area contributed by atoms with Crippen molar-refractivity contribution in [2.45, 2.75) is 12.8 Å². The van der Waals surface area contributed by atoms with Gasteiger partial charge in [-0.15, -0.1) is 0 Å². The third kappa shape index (κ3) is 4.09. The quantitative estimate of drug-likeness (QED) is 0.459. The maximum Gasteiger partial charge on any atom is 0.305 e. The molecule has 1 heterocycles. The standard InChI is InChI=1S/C15H14ClNO3S2/c1-20-13(18)7-4-8-17-14(19)12(22-15(17)21)9-10-5-2-3-6-11(10)16/h2-3,5-6,9H,4,7-8H2,1H3/b12-9-. The Labute approximate surface area is 143 Å². The van der Waals surface area contributed by atoms with E-state index in [0.29, 0.717) is 27.2 Å². The van der Waals surface area contributed by atoms with Gasteiger partial charge in [0.1, 0.15) is 4.32 Å². The van der Waals surface area contributed by atoms with E-state index in [0.717, 1.165) is 5.56 Å². The van der Waals surface area contributed by atoms with Gasteiger partial charge in [0.15, 0.2) is 0 Å². The highest BCUT2D eigenvalue weighted by Gasteiger charge is 2.31. The highest BCUT2D eigenvalue weighted by atomic mass is 35.5. The number of hydrogen-bond donors (Lipinski definition) is 0. The molecule has 22 heavy (non-hydrogen) atoms. The molecule has 0 atom stereocenters. The fourth-order valence-electron chi connectivity index (χ4n) is 1.91. The molecule has 0 radical (unpaired) electrons. The van der Waals surface area contributed by atoms with Crippen LogP contribution in [0.25, 0.3) is 6.08 Å². The van der Waals surface area contributed by atoms with Crippen LogP contribution in [0.3, 0.4) is 0 Å². The Morgan fingerprint density at radius 3 is 2.86 bits per heavy atom. The number of thiocarbonyl (C=S) groups is 1. The third-order valence-electron chi connectivity index (χ3n) is 3.06. The van der Waals surface area contributed by atoms with Gasteiger partial charge in [0, 0.05) is 18.0 Å². The maximum absolute atomic E-state index is 12.4. The topological polar surface area (TPSA) is 46.6 Å². The van der Waals surface area contributed by atoms with E-state index >= 15 is 0 Å². The third-order valence-corrected chi connectivity index (χ3v) is 4.78. The molecule has 0 spiro atoms. The van der Waals surface area contributed by atoms with E-state index in [1.54, 1.807) is 12.1 Å². The van der Waals surface area contributed by atoms with Crippen LogP contribution in [0.5, 0.6) is 0 Å². The highest BCUT2D eigenvalue weighted by molar-refractivity contribution is 8.26. The van der Waals surface area contributed by atoms with Gasteiger partial charge < -0.3 is 4.74 Å². The zero-order chi connectivity index (χ0) is 16.1. The van der Waals surface area contributed by atoms with E-state index in [-0.39, 0.29) is 18.3 Å². The summed E-state index contributed by atoms with van der Waals surface area (Å²) in [6, 6.07) is 7.29. The monoisotopic (exact) mass is 355 g/mol. The van der Waals surface area contributed by atoms with Crippen molar-refractivity contribution in [1.82, 2.24) is 4.90 Å². The number of carbonyl (C=O) groups excluding carboxylic acids is 2. The van der Waals surface area contributed by atoms with Gasteiger partial charge in [0.05, 0.1) is 12.0 Å². The van der Waals surface area contributed by atoms with Crippen LogP contribution in [-0.2, 0) is 14.3 Å². The number of carbonyl (C=O) groups is 2. The molecule has 0 unspecified atom stereocenters. The Kier molecular flexibility index (Phi) is 5.99. The second kappa shape index (κ2) is 7.76. The Bertz CT molecular complexity index is 645. The lowest BCUT2D eigenvalue weighted by molar-refractivity contribution is -0.141. The Morgan fingerprint density at radius 1 is 1.45 bits per heavy atom. The van der Waals surface area contributed by atoms with Crippen molar-refractivity contribution in [3.63, 3.8) is 0 Å². The van der Waals surface area contributed by atoms with Crippen LogP contribution >= 0.6 is 35.6 Å². The number of methoxy groups -OCH3 is 1. The lowest BCUT2D eigenvalue weighted by atomic mass is 10.2. The summed E-state index contributed by atoms with van der Waals surface area (Å²) in [5.74, 6) is -0.447. The molecule has 0 aromatic heterocycles. The average Bonchev–Trinajstić information content (AvgIpc) is 2.76. The molecule has 2 rings (SSSR count). The molecule has 1 aliphatic heterocycles. The van der Waals surface area contributed by atoms with Gasteiger partial charge in [-0.1, -0.05) is 53.8 Å². The summed E-state index contributed by atoms with van der Waals surface area (Å²) in [6.07, 6.45) is 2.51. The van der Waals surface area contributed by atoms with Crippen molar-refractivity contribution < 1.29 is 14.3 Å². The molecule has 4 nitrogen and oxygen atoms in total. The molecular formula is C15H14ClNO3S2. The first-order valence-corrected chi connectivity index (χ1v) is 8.20. The van der Waals surface area contributed by atoms with Gasteiger partial charge >= 0.3 is 5.97 Å². The fraction of sp³-hybridized carbons (Fsp3) is 0.267. The number of ether oxygens (including phenoxy) is 1.